The predicted octanol–water partition coefficient (Wildman–Crippen LogP) is 2.24. The number of benzene rings is 1. The molecule has 2 unspecified atom stereocenters. The highest BCUT2D eigenvalue weighted by Crippen LogP contribution is 2.25. The molecule has 2 atom stereocenters. The fourth-order valence-corrected chi connectivity index (χ4v) is 2.46. The molecule has 0 heterocycles. The Morgan fingerprint density at radius 3 is 2.53 bits per heavy atom. The molecule has 19 heavy (non-hydrogen) atoms. The van der Waals surface area contributed by atoms with Gasteiger partial charge in [-0.3, -0.25) is 4.79 Å². The summed E-state index contributed by atoms with van der Waals surface area (Å²) in [5.74, 6) is -2.18. The predicted molar refractivity (Wildman–Crippen MR) is 71.3 cm³/mol. The largest absolute Gasteiger partial charge is 0.349 e. The Morgan fingerprint density at radius 1 is 1.32 bits per heavy atom. The van der Waals surface area contributed by atoms with Gasteiger partial charge in [-0.15, -0.1) is 12.4 Å². The van der Waals surface area contributed by atoms with Gasteiger partial charge in [0.05, 0.1) is 0 Å². The third-order valence-corrected chi connectivity index (χ3v) is 3.47. The molecule has 6 heteroatoms. The number of nitrogens with one attached hydrogen (secondary N) is 1. The second-order valence-electron chi connectivity index (χ2n) is 4.60. The van der Waals surface area contributed by atoms with Gasteiger partial charge in [0, 0.05) is 6.04 Å². The van der Waals surface area contributed by atoms with Crippen LogP contribution in [0.4, 0.5) is 8.78 Å². The van der Waals surface area contributed by atoms with Crippen molar-refractivity contribution in [2.75, 3.05) is 6.54 Å². The standard InChI is InChI=1S/C13H16F2N2O.ClH/c14-9-4-2-5-10(15)12(9)13(18)17-11-6-1-3-8(11)7-16;/h2,4-5,8,11H,1,3,6-7,16H2,(H,17,18);1H. The lowest BCUT2D eigenvalue weighted by atomic mass is 10.0. The van der Waals surface area contributed by atoms with Crippen LogP contribution in [0.3, 0.4) is 0 Å². The Bertz CT molecular complexity index is 436. The highest BCUT2D eigenvalue weighted by atomic mass is 35.5. The van der Waals surface area contributed by atoms with E-state index >= 15 is 0 Å². The maximum absolute atomic E-state index is 13.4. The van der Waals surface area contributed by atoms with Crippen LogP contribution in [0, 0.1) is 17.6 Å². The van der Waals surface area contributed by atoms with Crippen LogP contribution < -0.4 is 11.1 Å². The van der Waals surface area contributed by atoms with E-state index < -0.39 is 23.1 Å². The second-order valence-corrected chi connectivity index (χ2v) is 4.60. The van der Waals surface area contributed by atoms with Crippen molar-refractivity contribution in [3.8, 4) is 0 Å². The summed E-state index contributed by atoms with van der Waals surface area (Å²) in [6.07, 6.45) is 2.73. The van der Waals surface area contributed by atoms with Crippen LogP contribution in [-0.4, -0.2) is 18.5 Å². The fraction of sp³-hybridized carbons (Fsp3) is 0.462. The molecule has 2 rings (SSSR count). The minimum absolute atomic E-state index is 0. The summed E-state index contributed by atoms with van der Waals surface area (Å²) in [5.41, 5.74) is 5.09. The van der Waals surface area contributed by atoms with E-state index in [9.17, 15) is 13.6 Å². The van der Waals surface area contributed by atoms with Gasteiger partial charge < -0.3 is 11.1 Å². The number of rotatable bonds is 3. The van der Waals surface area contributed by atoms with Crippen molar-refractivity contribution in [3.63, 3.8) is 0 Å². The van der Waals surface area contributed by atoms with Gasteiger partial charge in [0.1, 0.15) is 17.2 Å². The van der Waals surface area contributed by atoms with E-state index in [0.717, 1.165) is 31.4 Å². The van der Waals surface area contributed by atoms with Crippen molar-refractivity contribution < 1.29 is 13.6 Å². The quantitative estimate of drug-likeness (QED) is 0.897. The molecule has 0 aliphatic heterocycles. The van der Waals surface area contributed by atoms with E-state index in [1.165, 1.54) is 6.07 Å². The number of hydrogen-bond acceptors (Lipinski definition) is 2. The Hall–Kier alpha value is -1.20. The first-order valence-corrected chi connectivity index (χ1v) is 6.08. The Morgan fingerprint density at radius 2 is 1.95 bits per heavy atom. The molecule has 1 aliphatic rings. The van der Waals surface area contributed by atoms with E-state index in [-0.39, 0.29) is 24.4 Å². The van der Waals surface area contributed by atoms with Gasteiger partial charge in [0.25, 0.3) is 5.91 Å². The van der Waals surface area contributed by atoms with Crippen molar-refractivity contribution >= 4 is 18.3 Å². The van der Waals surface area contributed by atoms with Crippen LogP contribution >= 0.6 is 12.4 Å². The summed E-state index contributed by atoms with van der Waals surface area (Å²) in [7, 11) is 0. The van der Waals surface area contributed by atoms with Gasteiger partial charge in [-0.2, -0.15) is 0 Å². The average Bonchev–Trinajstić information content (AvgIpc) is 2.76. The number of amides is 1. The number of nitrogens with two attached hydrogens (primary N) is 1. The molecule has 0 bridgehead atoms. The van der Waals surface area contributed by atoms with E-state index in [1.807, 2.05) is 0 Å². The molecule has 1 aromatic rings. The van der Waals surface area contributed by atoms with Crippen molar-refractivity contribution in [2.45, 2.75) is 25.3 Å². The zero-order valence-corrected chi connectivity index (χ0v) is 11.2. The van der Waals surface area contributed by atoms with Crippen LogP contribution in [-0.2, 0) is 0 Å². The van der Waals surface area contributed by atoms with E-state index in [0.29, 0.717) is 6.54 Å². The molecular formula is C13H17ClF2N2O. The molecule has 1 fully saturated rings. The number of hydrogen-bond donors (Lipinski definition) is 2. The molecular weight excluding hydrogens is 274 g/mol. The normalized spacial score (nSPS) is 21.8. The molecule has 0 aromatic heterocycles. The molecule has 3 N–H and O–H groups in total. The average molecular weight is 291 g/mol. The van der Waals surface area contributed by atoms with Crippen molar-refractivity contribution in [1.29, 1.82) is 0 Å². The Labute approximate surface area is 117 Å². The summed E-state index contributed by atoms with van der Waals surface area (Å²) < 4.78 is 26.9. The Balaban J connectivity index is 0.00000180. The number of carbonyl (C=O) groups excluding carboxylic acids is 1. The van der Waals surface area contributed by atoms with Gasteiger partial charge in [0.15, 0.2) is 0 Å². The summed E-state index contributed by atoms with van der Waals surface area (Å²) in [5, 5.41) is 2.68. The third kappa shape index (κ3) is 3.42. The van der Waals surface area contributed by atoms with Gasteiger partial charge in [-0.05, 0) is 37.4 Å². The fourth-order valence-electron chi connectivity index (χ4n) is 2.46. The maximum atomic E-state index is 13.4. The maximum Gasteiger partial charge on any atom is 0.257 e. The lowest BCUT2D eigenvalue weighted by molar-refractivity contribution is 0.0920. The van der Waals surface area contributed by atoms with E-state index in [4.69, 9.17) is 5.73 Å². The highest BCUT2D eigenvalue weighted by molar-refractivity contribution is 5.95. The zero-order valence-electron chi connectivity index (χ0n) is 10.4. The monoisotopic (exact) mass is 290 g/mol. The molecule has 1 saturated carbocycles. The molecule has 0 spiro atoms. The molecule has 106 valence electrons. The summed E-state index contributed by atoms with van der Waals surface area (Å²) in [6, 6.07) is 3.31. The van der Waals surface area contributed by atoms with Crippen molar-refractivity contribution in [1.82, 2.24) is 5.32 Å². The minimum atomic E-state index is -0.838. The van der Waals surface area contributed by atoms with Crippen LogP contribution in [0.15, 0.2) is 18.2 Å². The number of halogens is 3. The smallest absolute Gasteiger partial charge is 0.257 e. The van der Waals surface area contributed by atoms with Gasteiger partial charge in [-0.25, -0.2) is 8.78 Å². The van der Waals surface area contributed by atoms with Gasteiger partial charge in [-0.1, -0.05) is 12.5 Å². The summed E-state index contributed by atoms with van der Waals surface area (Å²) >= 11 is 0. The topological polar surface area (TPSA) is 55.1 Å². The molecule has 3 nitrogen and oxygen atoms in total. The first kappa shape index (κ1) is 15.9. The van der Waals surface area contributed by atoms with Crippen LogP contribution in [0.2, 0.25) is 0 Å². The molecule has 0 saturated heterocycles. The zero-order chi connectivity index (χ0) is 13.1. The molecule has 1 aromatic carbocycles. The van der Waals surface area contributed by atoms with Crippen molar-refractivity contribution in [2.24, 2.45) is 11.7 Å². The van der Waals surface area contributed by atoms with E-state index in [2.05, 4.69) is 5.32 Å². The highest BCUT2D eigenvalue weighted by Gasteiger charge is 2.29. The molecule has 0 radical (unpaired) electrons. The SMILES string of the molecule is Cl.NCC1CCCC1NC(=O)c1c(F)cccc1F. The van der Waals surface area contributed by atoms with Crippen LogP contribution in [0.5, 0.6) is 0 Å². The summed E-state index contributed by atoms with van der Waals surface area (Å²) in [4.78, 5) is 11.9. The first-order chi connectivity index (χ1) is 8.63. The van der Waals surface area contributed by atoms with Gasteiger partial charge >= 0.3 is 0 Å². The van der Waals surface area contributed by atoms with Crippen molar-refractivity contribution in [3.05, 3.63) is 35.4 Å². The third-order valence-electron chi connectivity index (χ3n) is 3.47. The summed E-state index contributed by atoms with van der Waals surface area (Å²) in [6.45, 7) is 0.477. The van der Waals surface area contributed by atoms with Gasteiger partial charge in [0.2, 0.25) is 0 Å². The molecule has 1 aliphatic carbocycles. The first-order valence-electron chi connectivity index (χ1n) is 6.08. The lowest BCUT2D eigenvalue weighted by Crippen LogP contribution is -2.40. The van der Waals surface area contributed by atoms with Crippen LogP contribution in [0.1, 0.15) is 29.6 Å². The second kappa shape index (κ2) is 6.82. The van der Waals surface area contributed by atoms with E-state index in [1.54, 1.807) is 0 Å². The molecule has 1 amide bonds. The Kier molecular flexibility index (Phi) is 5.69. The van der Waals surface area contributed by atoms with Crippen LogP contribution in [0.25, 0.3) is 0 Å². The lowest BCUT2D eigenvalue weighted by Gasteiger charge is -2.19. The number of carbonyl (C=O) groups is 1. The minimum Gasteiger partial charge on any atom is -0.349 e.